The molecule has 4 rings (SSSR count). The topological polar surface area (TPSA) is 59.9 Å². The molecule has 0 aromatic heterocycles. The first-order valence-electron chi connectivity index (χ1n) is 10.4. The fourth-order valence-electron chi connectivity index (χ4n) is 3.60. The van der Waals surface area contributed by atoms with Gasteiger partial charge in [0.25, 0.3) is 5.91 Å². The van der Waals surface area contributed by atoms with Gasteiger partial charge in [-0.05, 0) is 59.7 Å². The molecule has 0 fully saturated rings. The summed E-state index contributed by atoms with van der Waals surface area (Å²) >= 11 is 4.61. The normalized spacial score (nSPS) is 11.3. The first-order chi connectivity index (χ1) is 16.0. The fourth-order valence-corrected chi connectivity index (χ4v) is 3.86. The molecule has 6 heteroatoms. The number of carbonyl (C=O) groups is 1. The van der Waals surface area contributed by atoms with Crippen LogP contribution in [-0.4, -0.2) is 26.0 Å². The Kier molecular flexibility index (Phi) is 6.66. The van der Waals surface area contributed by atoms with Crippen LogP contribution in [-0.2, 0) is 0 Å². The summed E-state index contributed by atoms with van der Waals surface area (Å²) in [6.07, 6.45) is 0. The van der Waals surface area contributed by atoms with Gasteiger partial charge in [-0.1, -0.05) is 36.4 Å². The van der Waals surface area contributed by atoms with Gasteiger partial charge in [-0.2, -0.15) is 0 Å². The minimum absolute atomic E-state index is 0.206. The van der Waals surface area contributed by atoms with Crippen molar-refractivity contribution in [2.45, 2.75) is 11.8 Å². The number of rotatable bonds is 5. The number of nitrogens with zero attached hydrogens (tertiary/aromatic N) is 1. The lowest BCUT2D eigenvalue weighted by molar-refractivity contribution is 0.0977. The largest absolute Gasteiger partial charge is 0.497 e. The van der Waals surface area contributed by atoms with Gasteiger partial charge in [0.05, 0.1) is 19.9 Å². The molecule has 0 unspecified atom stereocenters. The third-order valence-corrected chi connectivity index (χ3v) is 5.65. The van der Waals surface area contributed by atoms with Crippen LogP contribution in [0.2, 0.25) is 0 Å². The molecule has 0 aliphatic rings. The Labute approximate surface area is 198 Å². The number of methoxy groups -OCH3 is 2. The van der Waals surface area contributed by atoms with E-state index in [-0.39, 0.29) is 5.91 Å². The second-order valence-electron chi connectivity index (χ2n) is 7.48. The maximum absolute atomic E-state index is 12.7. The van der Waals surface area contributed by atoms with Crippen LogP contribution in [0.3, 0.4) is 0 Å². The summed E-state index contributed by atoms with van der Waals surface area (Å²) < 4.78 is 10.8. The van der Waals surface area contributed by atoms with Gasteiger partial charge < -0.3 is 14.8 Å². The maximum Gasteiger partial charge on any atom is 0.256 e. The number of thiol groups is 1. The van der Waals surface area contributed by atoms with Crippen molar-refractivity contribution in [3.8, 4) is 22.6 Å². The van der Waals surface area contributed by atoms with E-state index in [1.54, 1.807) is 21.1 Å². The van der Waals surface area contributed by atoms with Gasteiger partial charge in [0.1, 0.15) is 17.3 Å². The first kappa shape index (κ1) is 22.4. The fraction of sp³-hybridized carbons (Fsp3) is 0.111. The van der Waals surface area contributed by atoms with Crippen molar-refractivity contribution in [3.05, 3.63) is 84.4 Å². The number of amides is 1. The van der Waals surface area contributed by atoms with Gasteiger partial charge in [0.15, 0.2) is 0 Å². The second kappa shape index (κ2) is 9.79. The molecule has 1 amide bonds. The van der Waals surface area contributed by atoms with Gasteiger partial charge in [-0.3, -0.25) is 4.79 Å². The van der Waals surface area contributed by atoms with Gasteiger partial charge in [0.2, 0.25) is 0 Å². The Morgan fingerprint density at radius 3 is 2.39 bits per heavy atom. The summed E-state index contributed by atoms with van der Waals surface area (Å²) in [5, 5.41) is 4.96. The predicted octanol–water partition coefficient (Wildman–Crippen LogP) is 6.29. The van der Waals surface area contributed by atoms with Crippen LogP contribution < -0.4 is 14.8 Å². The van der Waals surface area contributed by atoms with E-state index in [0.29, 0.717) is 27.7 Å². The number of nitrogens with one attached hydrogen (secondary N) is 1. The Hall–Kier alpha value is -3.77. The summed E-state index contributed by atoms with van der Waals surface area (Å²) in [7, 11) is 3.24. The van der Waals surface area contributed by atoms with Gasteiger partial charge in [-0.15, -0.1) is 12.6 Å². The highest BCUT2D eigenvalue weighted by Gasteiger charge is 2.11. The highest BCUT2D eigenvalue weighted by molar-refractivity contribution is 7.80. The molecule has 4 aromatic carbocycles. The molecule has 0 aliphatic carbocycles. The van der Waals surface area contributed by atoms with E-state index in [1.165, 1.54) is 0 Å². The van der Waals surface area contributed by atoms with Gasteiger partial charge in [0, 0.05) is 22.1 Å². The highest BCUT2D eigenvalue weighted by Crippen LogP contribution is 2.36. The molecule has 0 atom stereocenters. The molecule has 4 aromatic rings. The lowest BCUT2D eigenvalue weighted by atomic mass is 10.0. The van der Waals surface area contributed by atoms with Gasteiger partial charge >= 0.3 is 0 Å². The zero-order valence-corrected chi connectivity index (χ0v) is 19.5. The van der Waals surface area contributed by atoms with E-state index in [0.717, 1.165) is 27.6 Å². The number of fused-ring (bicyclic) bond motifs is 1. The van der Waals surface area contributed by atoms with Crippen LogP contribution >= 0.6 is 12.6 Å². The third kappa shape index (κ3) is 5.02. The van der Waals surface area contributed by atoms with Crippen LogP contribution in [0.1, 0.15) is 17.3 Å². The van der Waals surface area contributed by atoms with Crippen LogP contribution in [0.4, 0.5) is 5.69 Å². The molecule has 5 nitrogen and oxygen atoms in total. The quantitative estimate of drug-likeness (QED) is 0.211. The smallest absolute Gasteiger partial charge is 0.256 e. The third-order valence-electron chi connectivity index (χ3n) is 5.29. The number of benzene rings is 4. The minimum Gasteiger partial charge on any atom is -0.497 e. The van der Waals surface area contributed by atoms with Crippen molar-refractivity contribution in [2.75, 3.05) is 14.2 Å². The van der Waals surface area contributed by atoms with Crippen molar-refractivity contribution in [1.82, 2.24) is 5.32 Å². The maximum atomic E-state index is 12.7. The van der Waals surface area contributed by atoms with E-state index in [9.17, 15) is 4.79 Å². The van der Waals surface area contributed by atoms with Crippen LogP contribution in [0, 0.1) is 0 Å². The lowest BCUT2D eigenvalue weighted by Gasteiger charge is -2.12. The average molecular weight is 457 g/mol. The Morgan fingerprint density at radius 1 is 0.879 bits per heavy atom. The molecule has 0 saturated heterocycles. The van der Waals surface area contributed by atoms with Crippen molar-refractivity contribution >= 4 is 40.8 Å². The van der Waals surface area contributed by atoms with E-state index in [1.807, 2.05) is 78.9 Å². The zero-order chi connectivity index (χ0) is 23.4. The molecule has 0 bridgehead atoms. The molecule has 1 N–H and O–H groups in total. The van der Waals surface area contributed by atoms with E-state index < -0.39 is 0 Å². The van der Waals surface area contributed by atoms with E-state index in [4.69, 9.17) is 9.47 Å². The number of hydrogen-bond acceptors (Lipinski definition) is 5. The van der Waals surface area contributed by atoms with E-state index in [2.05, 4.69) is 22.9 Å². The molecule has 166 valence electrons. The lowest BCUT2D eigenvalue weighted by Crippen LogP contribution is -2.28. The summed E-state index contributed by atoms with van der Waals surface area (Å²) in [6, 6.07) is 25.0. The van der Waals surface area contributed by atoms with Crippen molar-refractivity contribution in [2.24, 2.45) is 4.99 Å². The van der Waals surface area contributed by atoms with Crippen LogP contribution in [0.25, 0.3) is 21.9 Å². The molecule has 0 aliphatic heterocycles. The van der Waals surface area contributed by atoms with E-state index >= 15 is 0 Å². The zero-order valence-electron chi connectivity index (χ0n) is 18.6. The first-order valence-corrected chi connectivity index (χ1v) is 10.8. The molecule has 0 radical (unpaired) electrons. The van der Waals surface area contributed by atoms with Crippen LogP contribution in [0.15, 0.2) is 88.8 Å². The number of ether oxygens (including phenoxy) is 2. The molecule has 0 heterocycles. The SMILES string of the molecule is COc1ccc(-c2ccc(N=C(C)NC(=O)c3ccc4ccccc4c3)c(S)c2)c(OC)c1. The van der Waals surface area contributed by atoms with Crippen LogP contribution in [0.5, 0.6) is 11.5 Å². The molecular formula is C27H24N2O3S. The van der Waals surface area contributed by atoms with Crippen molar-refractivity contribution in [3.63, 3.8) is 0 Å². The number of hydrogen-bond donors (Lipinski definition) is 2. The number of carbonyl (C=O) groups excluding carboxylic acids is 1. The monoisotopic (exact) mass is 456 g/mol. The average Bonchev–Trinajstić information content (AvgIpc) is 2.84. The Balaban J connectivity index is 1.54. The summed E-state index contributed by atoms with van der Waals surface area (Å²) in [5.41, 5.74) is 3.10. The molecule has 0 saturated carbocycles. The predicted molar refractivity (Wildman–Crippen MR) is 136 cm³/mol. The highest BCUT2D eigenvalue weighted by atomic mass is 32.1. The van der Waals surface area contributed by atoms with Gasteiger partial charge in [-0.25, -0.2) is 4.99 Å². The van der Waals surface area contributed by atoms with Crippen molar-refractivity contribution < 1.29 is 14.3 Å². The minimum atomic E-state index is -0.206. The van der Waals surface area contributed by atoms with Crippen molar-refractivity contribution in [1.29, 1.82) is 0 Å². The summed E-state index contributed by atoms with van der Waals surface area (Å²) in [6.45, 7) is 1.76. The molecular weight excluding hydrogens is 432 g/mol. The number of amidine groups is 1. The molecule has 33 heavy (non-hydrogen) atoms. The molecule has 0 spiro atoms. The Bertz CT molecular complexity index is 1360. The summed E-state index contributed by atoms with van der Waals surface area (Å²) in [5.74, 6) is 1.71. The second-order valence-corrected chi connectivity index (χ2v) is 7.96. The Morgan fingerprint density at radius 2 is 1.67 bits per heavy atom. The number of aliphatic imine (C=N–C) groups is 1. The summed E-state index contributed by atoms with van der Waals surface area (Å²) in [4.78, 5) is 17.9. The standard InChI is InChI=1S/C27H24N2O3S/c1-17(29-27(30)21-9-8-18-6-4-5-7-19(18)14-21)28-24-13-10-20(15-26(24)33)23-12-11-22(31-2)16-25(23)32-3/h4-16,33H,1-3H3,(H,28,29,30).